The summed E-state index contributed by atoms with van der Waals surface area (Å²) in [5, 5.41) is 6.89. The minimum atomic E-state index is 0.789. The Kier molecular flexibility index (Phi) is 4.83. The van der Waals surface area contributed by atoms with Gasteiger partial charge in [-0.05, 0) is 65.6 Å². The molecule has 0 saturated carbocycles. The predicted molar refractivity (Wildman–Crippen MR) is 73.4 cm³/mol. The third-order valence-corrected chi connectivity index (χ3v) is 3.76. The summed E-state index contributed by atoms with van der Waals surface area (Å²) in [6, 6.07) is 6.21. The third-order valence-electron chi connectivity index (χ3n) is 3.14. The van der Waals surface area contributed by atoms with E-state index in [9.17, 15) is 0 Å². The van der Waals surface area contributed by atoms with E-state index in [1.807, 2.05) is 6.07 Å². The molecule has 17 heavy (non-hydrogen) atoms. The van der Waals surface area contributed by atoms with Crippen molar-refractivity contribution in [3.63, 3.8) is 0 Å². The van der Waals surface area contributed by atoms with Crippen LogP contribution in [0.5, 0.6) is 5.75 Å². The lowest BCUT2D eigenvalue weighted by molar-refractivity contribution is 0.412. The second kappa shape index (κ2) is 6.38. The van der Waals surface area contributed by atoms with Crippen molar-refractivity contribution < 1.29 is 4.74 Å². The number of ether oxygens (including phenoxy) is 1. The van der Waals surface area contributed by atoms with Crippen LogP contribution in [0.25, 0.3) is 0 Å². The first kappa shape index (κ1) is 12.9. The van der Waals surface area contributed by atoms with Gasteiger partial charge in [-0.2, -0.15) is 0 Å². The molecule has 1 saturated heterocycles. The van der Waals surface area contributed by atoms with Crippen LogP contribution in [0.2, 0.25) is 0 Å². The van der Waals surface area contributed by atoms with E-state index in [0.29, 0.717) is 0 Å². The number of hydrogen-bond donors (Lipinski definition) is 2. The molecule has 1 aromatic carbocycles. The molecular weight excluding hydrogens is 280 g/mol. The second-order valence-corrected chi connectivity index (χ2v) is 5.31. The normalized spacial score (nSPS) is 19.5. The Hall–Kier alpha value is -0.580. The monoisotopic (exact) mass is 298 g/mol. The van der Waals surface area contributed by atoms with Gasteiger partial charge in [0.05, 0.1) is 11.6 Å². The molecule has 1 fully saturated rings. The third kappa shape index (κ3) is 3.69. The summed E-state index contributed by atoms with van der Waals surface area (Å²) in [7, 11) is 1.69. The van der Waals surface area contributed by atoms with Crippen molar-refractivity contribution in [2.75, 3.05) is 26.7 Å². The van der Waals surface area contributed by atoms with Crippen molar-refractivity contribution in [2.45, 2.75) is 13.0 Å². The zero-order valence-electron chi connectivity index (χ0n) is 10.1. The van der Waals surface area contributed by atoms with Gasteiger partial charge in [-0.25, -0.2) is 0 Å². The fourth-order valence-corrected chi connectivity index (χ4v) is 2.72. The van der Waals surface area contributed by atoms with E-state index in [1.165, 1.54) is 18.5 Å². The van der Waals surface area contributed by atoms with Crippen molar-refractivity contribution in [1.82, 2.24) is 10.6 Å². The van der Waals surface area contributed by atoms with Crippen molar-refractivity contribution in [2.24, 2.45) is 5.92 Å². The first-order chi connectivity index (χ1) is 8.29. The topological polar surface area (TPSA) is 33.3 Å². The van der Waals surface area contributed by atoms with Gasteiger partial charge in [-0.3, -0.25) is 0 Å². The molecule has 1 aromatic rings. The summed E-state index contributed by atoms with van der Waals surface area (Å²) in [6.07, 6.45) is 1.29. The van der Waals surface area contributed by atoms with Crippen LogP contribution in [-0.2, 0) is 6.54 Å². The summed E-state index contributed by atoms with van der Waals surface area (Å²) in [5.74, 6) is 1.67. The fraction of sp³-hybridized carbons (Fsp3) is 0.538. The Labute approximate surface area is 111 Å². The Morgan fingerprint density at radius 1 is 1.53 bits per heavy atom. The van der Waals surface area contributed by atoms with Gasteiger partial charge in [-0.1, -0.05) is 6.07 Å². The Bertz CT molecular complexity index is 364. The van der Waals surface area contributed by atoms with Crippen molar-refractivity contribution in [3.8, 4) is 5.75 Å². The number of hydrogen-bond acceptors (Lipinski definition) is 3. The van der Waals surface area contributed by atoms with Gasteiger partial charge in [0.15, 0.2) is 0 Å². The minimum absolute atomic E-state index is 0.789. The van der Waals surface area contributed by atoms with Gasteiger partial charge < -0.3 is 15.4 Å². The average Bonchev–Trinajstić information content (AvgIpc) is 2.82. The molecule has 3 nitrogen and oxygen atoms in total. The molecule has 1 aliphatic rings. The molecule has 94 valence electrons. The molecule has 2 rings (SSSR count). The van der Waals surface area contributed by atoms with E-state index < -0.39 is 0 Å². The summed E-state index contributed by atoms with van der Waals surface area (Å²) in [5.41, 5.74) is 1.28. The number of rotatable bonds is 5. The highest BCUT2D eigenvalue weighted by Crippen LogP contribution is 2.25. The summed E-state index contributed by atoms with van der Waals surface area (Å²) in [4.78, 5) is 0. The van der Waals surface area contributed by atoms with E-state index in [4.69, 9.17) is 4.74 Å². The van der Waals surface area contributed by atoms with Gasteiger partial charge >= 0.3 is 0 Å². The zero-order chi connectivity index (χ0) is 12.1. The van der Waals surface area contributed by atoms with Crippen molar-refractivity contribution in [1.29, 1.82) is 0 Å². The van der Waals surface area contributed by atoms with Gasteiger partial charge in [0.1, 0.15) is 5.75 Å². The molecule has 0 amide bonds. The fourth-order valence-electron chi connectivity index (χ4n) is 2.13. The van der Waals surface area contributed by atoms with E-state index >= 15 is 0 Å². The number of benzene rings is 1. The molecule has 4 heteroatoms. The predicted octanol–water partition coefficient (Wildman–Crippen LogP) is 2.16. The van der Waals surface area contributed by atoms with Gasteiger partial charge in [0.2, 0.25) is 0 Å². The lowest BCUT2D eigenvalue weighted by Crippen LogP contribution is -2.24. The molecule has 0 radical (unpaired) electrons. The number of methoxy groups -OCH3 is 1. The highest BCUT2D eigenvalue weighted by Gasteiger charge is 2.13. The number of nitrogens with one attached hydrogen (secondary N) is 2. The van der Waals surface area contributed by atoms with Crippen LogP contribution >= 0.6 is 15.9 Å². The first-order valence-electron chi connectivity index (χ1n) is 6.03. The highest BCUT2D eigenvalue weighted by molar-refractivity contribution is 9.10. The molecule has 2 N–H and O–H groups in total. The van der Waals surface area contributed by atoms with Crippen LogP contribution in [0, 0.1) is 5.92 Å². The Morgan fingerprint density at radius 2 is 2.41 bits per heavy atom. The molecular formula is C13H19BrN2O. The quantitative estimate of drug-likeness (QED) is 0.874. The zero-order valence-corrected chi connectivity index (χ0v) is 11.7. The molecule has 0 aliphatic carbocycles. The summed E-state index contributed by atoms with van der Waals surface area (Å²) in [6.45, 7) is 4.33. The van der Waals surface area contributed by atoms with Gasteiger partial charge in [0, 0.05) is 6.54 Å². The summed E-state index contributed by atoms with van der Waals surface area (Å²) < 4.78 is 6.23. The van der Waals surface area contributed by atoms with Crippen LogP contribution in [0.15, 0.2) is 22.7 Å². The largest absolute Gasteiger partial charge is 0.496 e. The molecule has 1 unspecified atom stereocenters. The Morgan fingerprint density at radius 3 is 3.06 bits per heavy atom. The minimum Gasteiger partial charge on any atom is -0.496 e. The van der Waals surface area contributed by atoms with Crippen LogP contribution in [0.3, 0.4) is 0 Å². The Balaban J connectivity index is 1.80. The molecule has 0 spiro atoms. The number of halogens is 1. The maximum absolute atomic E-state index is 5.21. The first-order valence-corrected chi connectivity index (χ1v) is 6.82. The molecule has 1 heterocycles. The SMILES string of the molecule is COc1ccc(CNCC2CCNC2)cc1Br. The van der Waals surface area contributed by atoms with Crippen LogP contribution < -0.4 is 15.4 Å². The van der Waals surface area contributed by atoms with E-state index in [0.717, 1.165) is 35.8 Å². The van der Waals surface area contributed by atoms with E-state index in [-0.39, 0.29) is 0 Å². The van der Waals surface area contributed by atoms with E-state index in [2.05, 4.69) is 38.7 Å². The van der Waals surface area contributed by atoms with Crippen LogP contribution in [0.1, 0.15) is 12.0 Å². The maximum Gasteiger partial charge on any atom is 0.133 e. The van der Waals surface area contributed by atoms with Crippen molar-refractivity contribution >= 4 is 15.9 Å². The molecule has 0 bridgehead atoms. The lowest BCUT2D eigenvalue weighted by Gasteiger charge is -2.11. The highest BCUT2D eigenvalue weighted by atomic mass is 79.9. The van der Waals surface area contributed by atoms with Crippen LogP contribution in [0.4, 0.5) is 0 Å². The molecule has 1 atom stereocenters. The van der Waals surface area contributed by atoms with Crippen LogP contribution in [-0.4, -0.2) is 26.7 Å². The summed E-state index contributed by atoms with van der Waals surface area (Å²) >= 11 is 3.50. The molecule has 0 aromatic heterocycles. The van der Waals surface area contributed by atoms with E-state index in [1.54, 1.807) is 7.11 Å². The smallest absolute Gasteiger partial charge is 0.133 e. The lowest BCUT2D eigenvalue weighted by atomic mass is 10.1. The average molecular weight is 299 g/mol. The standard InChI is InChI=1S/C13H19BrN2O/c1-17-13-3-2-10(6-12(13)14)7-16-9-11-4-5-15-8-11/h2-3,6,11,15-16H,4-5,7-9H2,1H3. The second-order valence-electron chi connectivity index (χ2n) is 4.46. The molecule has 1 aliphatic heterocycles. The van der Waals surface area contributed by atoms with Gasteiger partial charge in [-0.15, -0.1) is 0 Å². The van der Waals surface area contributed by atoms with Crippen molar-refractivity contribution in [3.05, 3.63) is 28.2 Å². The maximum atomic E-state index is 5.21. The van der Waals surface area contributed by atoms with Gasteiger partial charge in [0.25, 0.3) is 0 Å².